The monoisotopic (exact) mass is 264 g/mol. The van der Waals surface area contributed by atoms with Crippen LogP contribution in [-0.2, 0) is 0 Å². The Kier molecular flexibility index (Phi) is 4.27. The number of phenols is 1. The van der Waals surface area contributed by atoms with Crippen LogP contribution in [-0.4, -0.2) is 30.7 Å². The van der Waals surface area contributed by atoms with Crippen LogP contribution in [0.1, 0.15) is 29.6 Å². The van der Waals surface area contributed by atoms with Crippen molar-refractivity contribution in [3.8, 4) is 11.5 Å². The minimum absolute atomic E-state index is 0.0702. The Morgan fingerprint density at radius 1 is 1.53 bits per heavy atom. The lowest BCUT2D eigenvalue weighted by Gasteiger charge is -2.19. The highest BCUT2D eigenvalue weighted by atomic mass is 16.5. The smallest absolute Gasteiger partial charge is 0.255 e. The summed E-state index contributed by atoms with van der Waals surface area (Å²) in [6.45, 7) is 0.583. The van der Waals surface area contributed by atoms with E-state index in [0.717, 1.165) is 19.3 Å². The van der Waals surface area contributed by atoms with E-state index in [2.05, 4.69) is 5.32 Å². The Balaban J connectivity index is 2.07. The van der Waals surface area contributed by atoms with Crippen LogP contribution in [0.5, 0.6) is 11.5 Å². The maximum absolute atomic E-state index is 12.1. The lowest BCUT2D eigenvalue weighted by Crippen LogP contribution is -2.39. The van der Waals surface area contributed by atoms with Crippen LogP contribution >= 0.6 is 0 Å². The molecule has 1 aliphatic rings. The first-order valence-corrected chi connectivity index (χ1v) is 6.53. The fourth-order valence-corrected chi connectivity index (χ4v) is 2.59. The van der Waals surface area contributed by atoms with Gasteiger partial charge in [-0.3, -0.25) is 4.79 Å². The largest absolute Gasteiger partial charge is 0.507 e. The number of ether oxygens (including phenoxy) is 1. The van der Waals surface area contributed by atoms with Crippen molar-refractivity contribution in [3.05, 3.63) is 23.8 Å². The van der Waals surface area contributed by atoms with Crippen molar-refractivity contribution in [2.45, 2.75) is 25.3 Å². The predicted octanol–water partition coefficient (Wildman–Crippen LogP) is 1.26. The fraction of sp³-hybridized carbons (Fsp3) is 0.500. The van der Waals surface area contributed by atoms with Gasteiger partial charge in [-0.15, -0.1) is 0 Å². The van der Waals surface area contributed by atoms with E-state index in [1.54, 1.807) is 12.1 Å². The van der Waals surface area contributed by atoms with E-state index in [0.29, 0.717) is 18.2 Å². The average Bonchev–Trinajstić information content (AvgIpc) is 2.85. The van der Waals surface area contributed by atoms with E-state index in [1.807, 2.05) is 0 Å². The van der Waals surface area contributed by atoms with E-state index in [-0.39, 0.29) is 23.3 Å². The van der Waals surface area contributed by atoms with Crippen LogP contribution in [0.25, 0.3) is 0 Å². The molecule has 0 bridgehead atoms. The number of carbonyl (C=O) groups is 1. The highest BCUT2D eigenvalue weighted by Gasteiger charge is 2.28. The number of amides is 1. The summed E-state index contributed by atoms with van der Waals surface area (Å²) in [5.41, 5.74) is 5.96. The zero-order valence-corrected chi connectivity index (χ0v) is 11.1. The molecule has 19 heavy (non-hydrogen) atoms. The first-order valence-electron chi connectivity index (χ1n) is 6.53. The van der Waals surface area contributed by atoms with Crippen LogP contribution in [0.4, 0.5) is 0 Å². The van der Waals surface area contributed by atoms with Crippen molar-refractivity contribution in [1.29, 1.82) is 0 Å². The van der Waals surface area contributed by atoms with Gasteiger partial charge in [0.2, 0.25) is 0 Å². The number of methoxy groups -OCH3 is 1. The molecule has 0 spiro atoms. The number of hydrogen-bond acceptors (Lipinski definition) is 4. The molecule has 0 aromatic heterocycles. The van der Waals surface area contributed by atoms with Gasteiger partial charge >= 0.3 is 0 Å². The summed E-state index contributed by atoms with van der Waals surface area (Å²) in [5.74, 6) is 0.531. The second-order valence-electron chi connectivity index (χ2n) is 4.89. The molecule has 1 aliphatic carbocycles. The lowest BCUT2D eigenvalue weighted by atomic mass is 10.0. The van der Waals surface area contributed by atoms with Gasteiger partial charge in [-0.05, 0) is 37.4 Å². The van der Waals surface area contributed by atoms with Crippen LogP contribution in [0.2, 0.25) is 0 Å². The van der Waals surface area contributed by atoms with Crippen molar-refractivity contribution in [3.63, 3.8) is 0 Å². The van der Waals surface area contributed by atoms with Gasteiger partial charge in [0.05, 0.1) is 12.7 Å². The first kappa shape index (κ1) is 13.7. The highest BCUT2D eigenvalue weighted by Crippen LogP contribution is 2.27. The topological polar surface area (TPSA) is 84.6 Å². The van der Waals surface area contributed by atoms with Gasteiger partial charge in [-0.25, -0.2) is 0 Å². The van der Waals surface area contributed by atoms with Gasteiger partial charge in [-0.1, -0.05) is 6.42 Å². The van der Waals surface area contributed by atoms with E-state index in [4.69, 9.17) is 10.5 Å². The Labute approximate surface area is 112 Å². The summed E-state index contributed by atoms with van der Waals surface area (Å²) in [5, 5.41) is 12.8. The maximum Gasteiger partial charge on any atom is 0.255 e. The Hall–Kier alpha value is -1.75. The van der Waals surface area contributed by atoms with Crippen molar-refractivity contribution < 1.29 is 14.6 Å². The molecule has 2 rings (SSSR count). The molecule has 2 atom stereocenters. The standard InChI is InChI=1S/C14H20N2O3/c1-19-10-5-6-11(13(17)7-10)14(18)16-12-4-2-3-9(12)8-15/h5-7,9,12,17H,2-4,8,15H2,1H3,(H,16,18). The normalized spacial score (nSPS) is 22.2. The van der Waals surface area contributed by atoms with Gasteiger partial charge in [0.1, 0.15) is 11.5 Å². The Morgan fingerprint density at radius 3 is 2.95 bits per heavy atom. The number of phenolic OH excluding ortho intramolecular Hbond substituents is 1. The molecule has 5 heteroatoms. The number of aromatic hydroxyl groups is 1. The van der Waals surface area contributed by atoms with Crippen LogP contribution in [0.3, 0.4) is 0 Å². The zero-order valence-electron chi connectivity index (χ0n) is 11.1. The summed E-state index contributed by atoms with van der Waals surface area (Å²) in [6, 6.07) is 4.77. The minimum atomic E-state index is -0.259. The molecule has 0 heterocycles. The van der Waals surface area contributed by atoms with E-state index in [9.17, 15) is 9.90 Å². The van der Waals surface area contributed by atoms with Crippen LogP contribution in [0, 0.1) is 5.92 Å². The summed E-state index contributed by atoms with van der Waals surface area (Å²) in [7, 11) is 1.51. The summed E-state index contributed by atoms with van der Waals surface area (Å²) in [6.07, 6.45) is 3.09. The first-order chi connectivity index (χ1) is 9.15. The fourth-order valence-electron chi connectivity index (χ4n) is 2.59. The summed E-state index contributed by atoms with van der Waals surface area (Å²) < 4.78 is 4.99. The van der Waals surface area contributed by atoms with E-state index >= 15 is 0 Å². The van der Waals surface area contributed by atoms with Crippen molar-refractivity contribution in [2.75, 3.05) is 13.7 Å². The second kappa shape index (κ2) is 5.93. The summed E-state index contributed by atoms with van der Waals surface area (Å²) >= 11 is 0. The van der Waals surface area contributed by atoms with Crippen molar-refractivity contribution >= 4 is 5.91 Å². The number of benzene rings is 1. The third-order valence-corrected chi connectivity index (χ3v) is 3.73. The van der Waals surface area contributed by atoms with E-state index in [1.165, 1.54) is 13.2 Å². The number of hydrogen-bond donors (Lipinski definition) is 3. The number of carbonyl (C=O) groups excluding carboxylic acids is 1. The predicted molar refractivity (Wildman–Crippen MR) is 72.3 cm³/mol. The molecule has 1 fully saturated rings. The molecule has 104 valence electrons. The average molecular weight is 264 g/mol. The zero-order chi connectivity index (χ0) is 13.8. The third-order valence-electron chi connectivity index (χ3n) is 3.73. The molecule has 1 saturated carbocycles. The van der Waals surface area contributed by atoms with Crippen molar-refractivity contribution in [1.82, 2.24) is 5.32 Å². The Bertz CT molecular complexity index is 462. The third kappa shape index (κ3) is 2.98. The van der Waals surface area contributed by atoms with Crippen molar-refractivity contribution in [2.24, 2.45) is 11.7 Å². The second-order valence-corrected chi connectivity index (χ2v) is 4.89. The molecular formula is C14H20N2O3. The van der Waals surface area contributed by atoms with Gasteiger partial charge in [0, 0.05) is 12.1 Å². The molecule has 4 N–H and O–H groups in total. The van der Waals surface area contributed by atoms with Gasteiger partial charge in [0.15, 0.2) is 0 Å². The number of nitrogens with two attached hydrogens (primary N) is 1. The minimum Gasteiger partial charge on any atom is -0.507 e. The molecule has 0 radical (unpaired) electrons. The SMILES string of the molecule is COc1ccc(C(=O)NC2CCCC2CN)c(O)c1. The molecular weight excluding hydrogens is 244 g/mol. The molecule has 5 nitrogen and oxygen atoms in total. The Morgan fingerprint density at radius 2 is 2.32 bits per heavy atom. The molecule has 0 saturated heterocycles. The molecule has 0 aliphatic heterocycles. The van der Waals surface area contributed by atoms with Gasteiger partial charge in [0.25, 0.3) is 5.91 Å². The highest BCUT2D eigenvalue weighted by molar-refractivity contribution is 5.97. The molecule has 1 aromatic carbocycles. The quantitative estimate of drug-likeness (QED) is 0.764. The lowest BCUT2D eigenvalue weighted by molar-refractivity contribution is 0.0926. The van der Waals surface area contributed by atoms with Crippen LogP contribution < -0.4 is 15.8 Å². The molecule has 1 aromatic rings. The van der Waals surface area contributed by atoms with Crippen LogP contribution in [0.15, 0.2) is 18.2 Å². The number of nitrogens with one attached hydrogen (secondary N) is 1. The molecule has 2 unspecified atom stereocenters. The maximum atomic E-state index is 12.1. The summed E-state index contributed by atoms with van der Waals surface area (Å²) in [4.78, 5) is 12.1. The van der Waals surface area contributed by atoms with E-state index < -0.39 is 0 Å². The van der Waals surface area contributed by atoms with Gasteiger partial charge in [-0.2, -0.15) is 0 Å². The molecule has 1 amide bonds. The number of rotatable bonds is 4. The van der Waals surface area contributed by atoms with Gasteiger partial charge < -0.3 is 20.9 Å².